The molecule has 2 N–H and O–H groups in total. The Morgan fingerprint density at radius 1 is 1.38 bits per heavy atom. The Morgan fingerprint density at radius 2 is 2.19 bits per heavy atom. The van der Waals surface area contributed by atoms with Crippen molar-refractivity contribution in [3.63, 3.8) is 0 Å². The molecule has 21 heavy (non-hydrogen) atoms. The van der Waals surface area contributed by atoms with Gasteiger partial charge in [0.15, 0.2) is 17.1 Å². The average molecular weight is 292 g/mol. The van der Waals surface area contributed by atoms with E-state index in [1.165, 1.54) is 6.26 Å². The molecule has 0 saturated carbocycles. The Morgan fingerprint density at radius 3 is 2.90 bits per heavy atom. The van der Waals surface area contributed by atoms with E-state index in [2.05, 4.69) is 0 Å². The number of benzene rings is 1. The SMILES string of the molecule is C/C=C\Oc1c(O)c2cccc(OCCCO)c2oc1=O. The van der Waals surface area contributed by atoms with Crippen LogP contribution in [-0.2, 0) is 0 Å². The molecule has 2 rings (SSSR count). The Kier molecular flexibility index (Phi) is 4.84. The van der Waals surface area contributed by atoms with Gasteiger partial charge >= 0.3 is 5.63 Å². The molecule has 0 spiro atoms. The van der Waals surface area contributed by atoms with Gasteiger partial charge in [0.25, 0.3) is 5.75 Å². The van der Waals surface area contributed by atoms with Crippen molar-refractivity contribution in [2.45, 2.75) is 13.3 Å². The summed E-state index contributed by atoms with van der Waals surface area (Å²) < 4.78 is 15.7. The number of hydrogen-bond donors (Lipinski definition) is 2. The molecule has 0 radical (unpaired) electrons. The summed E-state index contributed by atoms with van der Waals surface area (Å²) in [5.41, 5.74) is -0.651. The maximum atomic E-state index is 11.9. The van der Waals surface area contributed by atoms with Crippen LogP contribution in [0.15, 0.2) is 39.7 Å². The standard InChI is InChI=1S/C15H16O6/c1-2-8-20-14-12(17)10-5-3-6-11(19-9-4-7-16)13(10)21-15(14)18/h2-3,5-6,8,16-17H,4,7,9H2,1H3/b8-2-. The van der Waals surface area contributed by atoms with Crippen LogP contribution in [0, 0.1) is 0 Å². The molecule has 0 atom stereocenters. The van der Waals surface area contributed by atoms with Crippen molar-refractivity contribution >= 4 is 11.0 Å². The zero-order chi connectivity index (χ0) is 15.2. The molecule has 0 fully saturated rings. The van der Waals surface area contributed by atoms with E-state index in [0.717, 1.165) is 0 Å². The molecule has 1 aromatic heterocycles. The normalized spacial score (nSPS) is 11.1. The Balaban J connectivity index is 2.49. The van der Waals surface area contributed by atoms with Gasteiger partial charge < -0.3 is 24.1 Å². The lowest BCUT2D eigenvalue weighted by Crippen LogP contribution is -2.05. The third-order valence-electron chi connectivity index (χ3n) is 2.71. The second-order valence-corrected chi connectivity index (χ2v) is 4.21. The highest BCUT2D eigenvalue weighted by molar-refractivity contribution is 5.89. The topological polar surface area (TPSA) is 89.1 Å². The number of allylic oxidation sites excluding steroid dienone is 1. The van der Waals surface area contributed by atoms with Gasteiger partial charge in [0.2, 0.25) is 0 Å². The lowest BCUT2D eigenvalue weighted by molar-refractivity contribution is 0.233. The van der Waals surface area contributed by atoms with Crippen LogP contribution in [0.2, 0.25) is 0 Å². The van der Waals surface area contributed by atoms with Crippen LogP contribution in [-0.4, -0.2) is 23.4 Å². The molecule has 1 aromatic carbocycles. The fourth-order valence-electron chi connectivity index (χ4n) is 1.77. The minimum atomic E-state index is -0.795. The number of fused-ring (bicyclic) bond motifs is 1. The highest BCUT2D eigenvalue weighted by atomic mass is 16.5. The monoisotopic (exact) mass is 292 g/mol. The van der Waals surface area contributed by atoms with Gasteiger partial charge in [0.05, 0.1) is 18.3 Å². The van der Waals surface area contributed by atoms with E-state index in [-0.39, 0.29) is 30.3 Å². The van der Waals surface area contributed by atoms with Gasteiger partial charge in [0.1, 0.15) is 0 Å². The number of aliphatic hydroxyl groups is 1. The lowest BCUT2D eigenvalue weighted by Gasteiger charge is -2.09. The Bertz CT molecular complexity index is 701. The third kappa shape index (κ3) is 3.17. The van der Waals surface area contributed by atoms with Crippen LogP contribution in [0.5, 0.6) is 17.2 Å². The number of ether oxygens (including phenoxy) is 2. The number of rotatable bonds is 6. The van der Waals surface area contributed by atoms with Crippen LogP contribution in [0.1, 0.15) is 13.3 Å². The van der Waals surface area contributed by atoms with Crippen LogP contribution in [0.25, 0.3) is 11.0 Å². The number of aliphatic hydroxyl groups excluding tert-OH is 1. The summed E-state index contributed by atoms with van der Waals surface area (Å²) in [6, 6.07) is 4.87. The summed E-state index contributed by atoms with van der Waals surface area (Å²) >= 11 is 0. The van der Waals surface area contributed by atoms with E-state index < -0.39 is 5.63 Å². The van der Waals surface area contributed by atoms with Crippen LogP contribution >= 0.6 is 0 Å². The quantitative estimate of drug-likeness (QED) is 0.482. The smallest absolute Gasteiger partial charge is 0.383 e. The fourth-order valence-corrected chi connectivity index (χ4v) is 1.77. The van der Waals surface area contributed by atoms with Crippen molar-refractivity contribution in [1.82, 2.24) is 0 Å². The van der Waals surface area contributed by atoms with Crippen LogP contribution in [0.4, 0.5) is 0 Å². The summed E-state index contributed by atoms with van der Waals surface area (Å²) in [6.07, 6.45) is 3.31. The Labute approximate surface area is 120 Å². The van der Waals surface area contributed by atoms with Gasteiger partial charge in [-0.3, -0.25) is 0 Å². The van der Waals surface area contributed by atoms with Gasteiger partial charge in [-0.15, -0.1) is 0 Å². The van der Waals surface area contributed by atoms with Gasteiger partial charge in [-0.05, 0) is 19.1 Å². The summed E-state index contributed by atoms with van der Waals surface area (Å²) in [5, 5.41) is 19.2. The molecule has 0 bridgehead atoms. The van der Waals surface area contributed by atoms with E-state index in [4.69, 9.17) is 19.0 Å². The number of aromatic hydroxyl groups is 1. The van der Waals surface area contributed by atoms with Crippen molar-refractivity contribution in [3.05, 3.63) is 41.0 Å². The predicted octanol–water partition coefficient (Wildman–Crippen LogP) is 2.17. The fraction of sp³-hybridized carbons (Fsp3) is 0.267. The molecule has 1 heterocycles. The molecule has 0 amide bonds. The highest BCUT2D eigenvalue weighted by Gasteiger charge is 2.17. The number of hydrogen-bond acceptors (Lipinski definition) is 6. The van der Waals surface area contributed by atoms with Gasteiger partial charge in [-0.2, -0.15) is 0 Å². The average Bonchev–Trinajstić information content (AvgIpc) is 2.48. The molecule has 2 aromatic rings. The molecule has 0 aliphatic heterocycles. The van der Waals surface area contributed by atoms with Crippen LogP contribution in [0.3, 0.4) is 0 Å². The van der Waals surface area contributed by atoms with Crippen molar-refractivity contribution in [1.29, 1.82) is 0 Å². The molecule has 0 aliphatic carbocycles. The molecule has 0 unspecified atom stereocenters. The Hall–Kier alpha value is -2.47. The van der Waals surface area contributed by atoms with E-state index in [1.807, 2.05) is 0 Å². The molecular formula is C15H16O6. The van der Waals surface area contributed by atoms with Crippen molar-refractivity contribution in [3.8, 4) is 17.2 Å². The maximum Gasteiger partial charge on any atom is 0.383 e. The minimum Gasteiger partial charge on any atom is -0.504 e. The summed E-state index contributed by atoms with van der Waals surface area (Å²) in [5.74, 6) is -0.244. The van der Waals surface area contributed by atoms with Gasteiger partial charge in [-0.1, -0.05) is 12.1 Å². The van der Waals surface area contributed by atoms with Crippen molar-refractivity contribution < 1.29 is 24.1 Å². The first-order valence-corrected chi connectivity index (χ1v) is 6.49. The van der Waals surface area contributed by atoms with Crippen molar-refractivity contribution in [2.24, 2.45) is 0 Å². The molecule has 112 valence electrons. The molecule has 6 nitrogen and oxygen atoms in total. The lowest BCUT2D eigenvalue weighted by atomic mass is 10.2. The van der Waals surface area contributed by atoms with Crippen molar-refractivity contribution in [2.75, 3.05) is 13.2 Å². The van der Waals surface area contributed by atoms with E-state index in [1.54, 1.807) is 31.2 Å². The summed E-state index contributed by atoms with van der Waals surface area (Å²) in [6.45, 7) is 1.99. The zero-order valence-electron chi connectivity index (χ0n) is 11.5. The molecule has 0 aliphatic rings. The largest absolute Gasteiger partial charge is 0.504 e. The first-order chi connectivity index (χ1) is 10.2. The second-order valence-electron chi connectivity index (χ2n) is 4.21. The predicted molar refractivity (Wildman–Crippen MR) is 76.8 cm³/mol. The van der Waals surface area contributed by atoms with Crippen LogP contribution < -0.4 is 15.1 Å². The summed E-state index contributed by atoms with van der Waals surface area (Å²) in [7, 11) is 0. The van der Waals surface area contributed by atoms with E-state index >= 15 is 0 Å². The molecule has 0 saturated heterocycles. The number of para-hydroxylation sites is 1. The van der Waals surface area contributed by atoms with E-state index in [9.17, 15) is 9.90 Å². The minimum absolute atomic E-state index is 0.00129. The first kappa shape index (κ1) is 14.9. The zero-order valence-corrected chi connectivity index (χ0v) is 11.5. The third-order valence-corrected chi connectivity index (χ3v) is 2.71. The highest BCUT2D eigenvalue weighted by Crippen LogP contribution is 2.35. The molecular weight excluding hydrogens is 276 g/mol. The first-order valence-electron chi connectivity index (χ1n) is 6.49. The second kappa shape index (κ2) is 6.81. The maximum absolute atomic E-state index is 11.9. The summed E-state index contributed by atoms with van der Waals surface area (Å²) in [4.78, 5) is 11.9. The van der Waals surface area contributed by atoms with Gasteiger partial charge in [-0.25, -0.2) is 4.79 Å². The van der Waals surface area contributed by atoms with E-state index in [0.29, 0.717) is 17.6 Å². The van der Waals surface area contributed by atoms with Gasteiger partial charge in [0, 0.05) is 13.0 Å². The molecule has 6 heteroatoms.